The second-order valence-electron chi connectivity index (χ2n) is 4.84. The Morgan fingerprint density at radius 3 is 2.55 bits per heavy atom. The molecule has 0 saturated carbocycles. The lowest BCUT2D eigenvalue weighted by Gasteiger charge is -2.19. The third-order valence-electron chi connectivity index (χ3n) is 3.78. The largest absolute Gasteiger partial charge is 0.493 e. The molecule has 0 aromatic carbocycles. The van der Waals surface area contributed by atoms with E-state index in [-0.39, 0.29) is 6.04 Å². The molecule has 20 heavy (non-hydrogen) atoms. The normalized spacial score (nSPS) is 12.7. The highest BCUT2D eigenvalue weighted by molar-refractivity contribution is 5.40. The van der Waals surface area contributed by atoms with Gasteiger partial charge in [0.05, 0.1) is 25.0 Å². The van der Waals surface area contributed by atoms with Gasteiger partial charge < -0.3 is 10.1 Å². The zero-order valence-electron chi connectivity index (χ0n) is 13.1. The second kappa shape index (κ2) is 5.66. The van der Waals surface area contributed by atoms with Crippen LogP contribution < -0.4 is 10.1 Å². The van der Waals surface area contributed by atoms with E-state index in [1.807, 2.05) is 30.4 Å². The third-order valence-corrected chi connectivity index (χ3v) is 3.78. The van der Waals surface area contributed by atoms with Crippen LogP contribution in [0.3, 0.4) is 0 Å². The van der Waals surface area contributed by atoms with E-state index >= 15 is 0 Å². The van der Waals surface area contributed by atoms with E-state index < -0.39 is 0 Å². The van der Waals surface area contributed by atoms with Crippen LogP contribution in [-0.4, -0.2) is 33.7 Å². The molecule has 0 bridgehead atoms. The molecule has 1 atom stereocenters. The highest BCUT2D eigenvalue weighted by atomic mass is 16.5. The summed E-state index contributed by atoms with van der Waals surface area (Å²) in [5, 5.41) is 12.3. The summed E-state index contributed by atoms with van der Waals surface area (Å²) < 4.78 is 9.34. The van der Waals surface area contributed by atoms with Gasteiger partial charge in [0.15, 0.2) is 5.75 Å². The maximum absolute atomic E-state index is 5.47. The number of nitrogens with zero attached hydrogens (tertiary/aromatic N) is 4. The van der Waals surface area contributed by atoms with Crippen molar-refractivity contribution >= 4 is 0 Å². The summed E-state index contributed by atoms with van der Waals surface area (Å²) in [6.07, 6.45) is 1.77. The van der Waals surface area contributed by atoms with Crippen molar-refractivity contribution in [3.05, 3.63) is 28.8 Å². The molecule has 0 saturated heterocycles. The van der Waals surface area contributed by atoms with Crippen molar-refractivity contribution in [2.45, 2.75) is 33.4 Å². The van der Waals surface area contributed by atoms with Gasteiger partial charge in [-0.1, -0.05) is 0 Å². The summed E-state index contributed by atoms with van der Waals surface area (Å²) in [5.74, 6) is 0.800. The predicted molar refractivity (Wildman–Crippen MR) is 78.0 cm³/mol. The molecular formula is C14H23N5O. The third kappa shape index (κ3) is 2.20. The number of aromatic nitrogens is 4. The van der Waals surface area contributed by atoms with Crippen LogP contribution in [0.4, 0.5) is 0 Å². The zero-order chi connectivity index (χ0) is 14.9. The molecule has 6 nitrogen and oxygen atoms in total. The molecule has 2 rings (SSSR count). The molecule has 0 aliphatic carbocycles. The molecule has 0 aliphatic rings. The van der Waals surface area contributed by atoms with Crippen molar-refractivity contribution in [3.63, 3.8) is 0 Å². The molecule has 1 unspecified atom stereocenters. The van der Waals surface area contributed by atoms with Gasteiger partial charge in [0.1, 0.15) is 5.69 Å². The van der Waals surface area contributed by atoms with Crippen molar-refractivity contribution in [2.24, 2.45) is 7.05 Å². The van der Waals surface area contributed by atoms with Crippen molar-refractivity contribution in [1.29, 1.82) is 0 Å². The second-order valence-corrected chi connectivity index (χ2v) is 4.84. The fourth-order valence-corrected chi connectivity index (χ4v) is 2.70. The Balaban J connectivity index is 2.60. The lowest BCUT2D eigenvalue weighted by molar-refractivity contribution is 0.401. The lowest BCUT2D eigenvalue weighted by atomic mass is 10.0. The predicted octanol–water partition coefficient (Wildman–Crippen LogP) is 1.57. The monoisotopic (exact) mass is 277 g/mol. The maximum atomic E-state index is 5.47. The maximum Gasteiger partial charge on any atom is 0.161 e. The summed E-state index contributed by atoms with van der Waals surface area (Å²) in [7, 11) is 5.59. The van der Waals surface area contributed by atoms with E-state index in [0.29, 0.717) is 0 Å². The van der Waals surface area contributed by atoms with E-state index in [9.17, 15) is 0 Å². The first kappa shape index (κ1) is 14.6. The number of methoxy groups -OCH3 is 1. The smallest absolute Gasteiger partial charge is 0.161 e. The number of hydrogen-bond donors (Lipinski definition) is 1. The number of aryl methyl sites for hydroxylation is 3. The SMILES string of the molecule is CCn1ncc(OC)c1C(NC)c1c(C)nn(C)c1C. The van der Waals surface area contributed by atoms with E-state index in [4.69, 9.17) is 4.74 Å². The number of rotatable bonds is 5. The molecule has 0 fully saturated rings. The van der Waals surface area contributed by atoms with Crippen LogP contribution in [0.1, 0.15) is 35.6 Å². The van der Waals surface area contributed by atoms with Gasteiger partial charge in [0.2, 0.25) is 0 Å². The molecule has 1 N–H and O–H groups in total. The first-order valence-corrected chi connectivity index (χ1v) is 6.82. The van der Waals surface area contributed by atoms with Gasteiger partial charge in [-0.2, -0.15) is 10.2 Å². The van der Waals surface area contributed by atoms with Crippen LogP contribution in [0.5, 0.6) is 5.75 Å². The van der Waals surface area contributed by atoms with Gasteiger partial charge in [0.25, 0.3) is 0 Å². The standard InChI is InChI=1S/C14H23N5O/c1-7-19-14(11(20-6)8-16-19)13(15-4)12-9(2)17-18(5)10(12)3/h8,13,15H,7H2,1-6H3. The van der Waals surface area contributed by atoms with Crippen molar-refractivity contribution < 1.29 is 4.74 Å². The van der Waals surface area contributed by atoms with Gasteiger partial charge in [-0.3, -0.25) is 9.36 Å². The minimum Gasteiger partial charge on any atom is -0.493 e. The van der Waals surface area contributed by atoms with Gasteiger partial charge in [0, 0.05) is 24.8 Å². The van der Waals surface area contributed by atoms with Crippen LogP contribution in [0.25, 0.3) is 0 Å². The first-order chi connectivity index (χ1) is 9.54. The fraction of sp³-hybridized carbons (Fsp3) is 0.571. The Bertz CT molecular complexity index is 577. The number of ether oxygens (including phenoxy) is 1. The van der Waals surface area contributed by atoms with Gasteiger partial charge in [-0.25, -0.2) is 0 Å². The summed E-state index contributed by atoms with van der Waals surface area (Å²) in [5.41, 5.74) is 4.39. The van der Waals surface area contributed by atoms with Gasteiger partial charge in [-0.15, -0.1) is 0 Å². The summed E-state index contributed by atoms with van der Waals surface area (Å²) >= 11 is 0. The van der Waals surface area contributed by atoms with Crippen molar-refractivity contribution in [1.82, 2.24) is 24.9 Å². The molecule has 2 aromatic rings. The van der Waals surface area contributed by atoms with Gasteiger partial charge >= 0.3 is 0 Å². The van der Waals surface area contributed by atoms with E-state index in [0.717, 1.165) is 29.4 Å². The van der Waals surface area contributed by atoms with Crippen molar-refractivity contribution in [2.75, 3.05) is 14.2 Å². The van der Waals surface area contributed by atoms with Crippen LogP contribution in [0.15, 0.2) is 6.20 Å². The number of hydrogen-bond acceptors (Lipinski definition) is 4. The Kier molecular flexibility index (Phi) is 4.13. The summed E-state index contributed by atoms with van der Waals surface area (Å²) in [4.78, 5) is 0. The Hall–Kier alpha value is -1.82. The van der Waals surface area contributed by atoms with Gasteiger partial charge in [-0.05, 0) is 27.8 Å². The molecule has 2 heterocycles. The van der Waals surface area contributed by atoms with Crippen LogP contribution in [0, 0.1) is 13.8 Å². The van der Waals surface area contributed by atoms with E-state index in [1.54, 1.807) is 13.3 Å². The molecule has 6 heteroatoms. The quantitative estimate of drug-likeness (QED) is 0.901. The summed E-state index contributed by atoms with van der Waals surface area (Å²) in [6, 6.07) is 0.0149. The first-order valence-electron chi connectivity index (χ1n) is 6.82. The molecule has 0 aliphatic heterocycles. The van der Waals surface area contributed by atoms with Crippen LogP contribution >= 0.6 is 0 Å². The Morgan fingerprint density at radius 1 is 1.40 bits per heavy atom. The molecule has 0 amide bonds. The fourth-order valence-electron chi connectivity index (χ4n) is 2.70. The minimum absolute atomic E-state index is 0.0149. The van der Waals surface area contributed by atoms with Crippen LogP contribution in [-0.2, 0) is 13.6 Å². The Morgan fingerprint density at radius 2 is 2.10 bits per heavy atom. The topological polar surface area (TPSA) is 56.9 Å². The molecule has 0 radical (unpaired) electrons. The van der Waals surface area contributed by atoms with E-state index in [1.165, 1.54) is 5.56 Å². The molecule has 110 valence electrons. The molecule has 2 aromatic heterocycles. The lowest BCUT2D eigenvalue weighted by Crippen LogP contribution is -2.23. The average Bonchev–Trinajstić information content (AvgIpc) is 2.95. The minimum atomic E-state index is 0.0149. The highest BCUT2D eigenvalue weighted by Crippen LogP contribution is 2.32. The van der Waals surface area contributed by atoms with Crippen LogP contribution in [0.2, 0.25) is 0 Å². The Labute approximate surface area is 119 Å². The van der Waals surface area contributed by atoms with E-state index in [2.05, 4.69) is 29.4 Å². The molecule has 0 spiro atoms. The molecular weight excluding hydrogens is 254 g/mol. The van der Waals surface area contributed by atoms with Crippen molar-refractivity contribution in [3.8, 4) is 5.75 Å². The number of nitrogens with one attached hydrogen (secondary N) is 1. The highest BCUT2D eigenvalue weighted by Gasteiger charge is 2.26. The zero-order valence-corrected chi connectivity index (χ0v) is 13.1. The average molecular weight is 277 g/mol. The summed E-state index contributed by atoms with van der Waals surface area (Å²) in [6.45, 7) is 6.99.